The largest absolute Gasteiger partial charge is 0.110 e. The van der Waals surface area contributed by atoms with Gasteiger partial charge in [-0.25, -0.2) is 0 Å². The summed E-state index contributed by atoms with van der Waals surface area (Å²) in [4.78, 5) is -0.176. The quantitative estimate of drug-likeness (QED) is 0.549. The van der Waals surface area contributed by atoms with E-state index in [2.05, 4.69) is 13.8 Å². The molecule has 0 heterocycles. The first-order valence-electron chi connectivity index (χ1n) is 3.00. The van der Waals surface area contributed by atoms with Gasteiger partial charge in [-0.15, -0.1) is 23.2 Å². The molecule has 0 rings (SSSR count). The molecule has 0 amide bonds. The Morgan fingerprint density at radius 3 is 1.50 bits per heavy atom. The summed E-state index contributed by atoms with van der Waals surface area (Å²) < 4.78 is 0. The number of halogens is 2. The summed E-state index contributed by atoms with van der Waals surface area (Å²) in [5.74, 6) is 0.485. The summed E-state index contributed by atoms with van der Waals surface area (Å²) in [6.07, 6.45) is 2.16. The monoisotopic (exact) mass is 154 g/mol. The van der Waals surface area contributed by atoms with Gasteiger partial charge in [0.1, 0.15) is 4.84 Å². The van der Waals surface area contributed by atoms with Crippen LogP contribution < -0.4 is 0 Å². The highest BCUT2D eigenvalue weighted by Gasteiger charge is 2.10. The van der Waals surface area contributed by atoms with Crippen LogP contribution in [0.15, 0.2) is 0 Å². The second-order valence-corrected chi connectivity index (χ2v) is 3.07. The van der Waals surface area contributed by atoms with Crippen molar-refractivity contribution in [1.29, 1.82) is 0 Å². The minimum atomic E-state index is -0.176. The Balaban J connectivity index is 3.35. The summed E-state index contributed by atoms with van der Waals surface area (Å²) in [6.45, 7) is 4.21. The van der Waals surface area contributed by atoms with Crippen molar-refractivity contribution in [3.8, 4) is 0 Å². The molecule has 0 aromatic heterocycles. The molecular weight excluding hydrogens is 143 g/mol. The molecule has 0 aliphatic rings. The maximum atomic E-state index is 5.61. The fourth-order valence-corrected chi connectivity index (χ4v) is 1.36. The summed E-state index contributed by atoms with van der Waals surface area (Å²) in [5, 5.41) is 0. The lowest BCUT2D eigenvalue weighted by Gasteiger charge is -2.11. The molecule has 0 saturated heterocycles. The zero-order valence-electron chi connectivity index (χ0n) is 5.32. The molecule has 0 radical (unpaired) electrons. The number of alkyl halides is 2. The van der Waals surface area contributed by atoms with Crippen LogP contribution in [0.3, 0.4) is 0 Å². The van der Waals surface area contributed by atoms with E-state index in [0.717, 1.165) is 12.8 Å². The van der Waals surface area contributed by atoms with Crippen LogP contribution in [0.1, 0.15) is 26.7 Å². The van der Waals surface area contributed by atoms with Crippen molar-refractivity contribution in [3.63, 3.8) is 0 Å². The van der Waals surface area contributed by atoms with Gasteiger partial charge in [-0.2, -0.15) is 0 Å². The molecule has 0 aliphatic carbocycles. The van der Waals surface area contributed by atoms with Crippen LogP contribution in [0.2, 0.25) is 0 Å². The Morgan fingerprint density at radius 1 is 1.12 bits per heavy atom. The van der Waals surface area contributed by atoms with Crippen LogP contribution in [0.4, 0.5) is 0 Å². The smallest absolute Gasteiger partial charge is 0.105 e. The normalized spacial score (nSPS) is 11.2. The molecule has 0 fully saturated rings. The molecule has 0 atom stereocenters. The molecule has 0 spiro atoms. The number of rotatable bonds is 3. The molecule has 2 heteroatoms. The first kappa shape index (κ1) is 8.58. The molecule has 0 unspecified atom stereocenters. The lowest BCUT2D eigenvalue weighted by atomic mass is 10.1. The van der Waals surface area contributed by atoms with Gasteiger partial charge in [-0.05, 0) is 5.92 Å². The highest BCUT2D eigenvalue weighted by atomic mass is 35.5. The third-order valence-electron chi connectivity index (χ3n) is 1.41. The van der Waals surface area contributed by atoms with Crippen LogP contribution in [-0.2, 0) is 0 Å². The zero-order chi connectivity index (χ0) is 6.57. The third-order valence-corrected chi connectivity index (χ3v) is 2.12. The van der Waals surface area contributed by atoms with Gasteiger partial charge in [0.15, 0.2) is 0 Å². The lowest BCUT2D eigenvalue weighted by molar-refractivity contribution is 0.527. The second-order valence-electron chi connectivity index (χ2n) is 1.91. The summed E-state index contributed by atoms with van der Waals surface area (Å²) in [5.41, 5.74) is 0. The van der Waals surface area contributed by atoms with Crippen molar-refractivity contribution in [2.45, 2.75) is 31.5 Å². The minimum Gasteiger partial charge on any atom is -0.105 e. The van der Waals surface area contributed by atoms with Gasteiger partial charge in [-0.3, -0.25) is 0 Å². The number of hydrogen-bond donors (Lipinski definition) is 0. The van der Waals surface area contributed by atoms with Gasteiger partial charge in [0.25, 0.3) is 0 Å². The average molecular weight is 155 g/mol. The fourth-order valence-electron chi connectivity index (χ4n) is 0.645. The second kappa shape index (κ2) is 4.46. The molecule has 50 valence electrons. The van der Waals surface area contributed by atoms with E-state index in [9.17, 15) is 0 Å². The van der Waals surface area contributed by atoms with Crippen LogP contribution in [0.5, 0.6) is 0 Å². The Bertz CT molecular complexity index is 48.5. The molecule has 0 nitrogen and oxygen atoms in total. The first-order valence-corrected chi connectivity index (χ1v) is 3.87. The van der Waals surface area contributed by atoms with E-state index in [1.165, 1.54) is 0 Å². The Morgan fingerprint density at radius 2 is 1.50 bits per heavy atom. The fraction of sp³-hybridized carbons (Fsp3) is 1.00. The van der Waals surface area contributed by atoms with Crippen LogP contribution in [-0.4, -0.2) is 4.84 Å². The van der Waals surface area contributed by atoms with Crippen LogP contribution in [0, 0.1) is 5.92 Å². The Hall–Kier alpha value is 0.580. The minimum absolute atomic E-state index is 0.176. The molecule has 0 N–H and O–H groups in total. The maximum absolute atomic E-state index is 5.61. The molecular formula is C6H12Cl2. The Labute approximate surface area is 61.2 Å². The predicted molar refractivity (Wildman–Crippen MR) is 39.6 cm³/mol. The van der Waals surface area contributed by atoms with Gasteiger partial charge in [0, 0.05) is 0 Å². The lowest BCUT2D eigenvalue weighted by Crippen LogP contribution is -2.05. The van der Waals surface area contributed by atoms with Gasteiger partial charge in [0.2, 0.25) is 0 Å². The molecule has 0 aromatic rings. The van der Waals surface area contributed by atoms with Crippen molar-refractivity contribution in [2.75, 3.05) is 0 Å². The van der Waals surface area contributed by atoms with E-state index >= 15 is 0 Å². The van der Waals surface area contributed by atoms with Crippen molar-refractivity contribution in [1.82, 2.24) is 0 Å². The predicted octanol–water partition coefficient (Wildman–Crippen LogP) is 3.23. The maximum Gasteiger partial charge on any atom is 0.110 e. The SMILES string of the molecule is CCC(CC)C(Cl)Cl. The summed E-state index contributed by atoms with van der Waals surface area (Å²) in [7, 11) is 0. The van der Waals surface area contributed by atoms with E-state index in [4.69, 9.17) is 23.2 Å². The standard InChI is InChI=1S/C6H12Cl2/c1-3-5(4-2)6(7)8/h5-6H,3-4H2,1-2H3. The number of hydrogen-bond acceptors (Lipinski definition) is 0. The van der Waals surface area contributed by atoms with E-state index in [1.54, 1.807) is 0 Å². The van der Waals surface area contributed by atoms with Crippen molar-refractivity contribution >= 4 is 23.2 Å². The van der Waals surface area contributed by atoms with Gasteiger partial charge in [-0.1, -0.05) is 26.7 Å². The highest BCUT2D eigenvalue weighted by molar-refractivity contribution is 6.44. The molecule has 8 heavy (non-hydrogen) atoms. The van der Waals surface area contributed by atoms with E-state index in [0.29, 0.717) is 5.92 Å². The summed E-state index contributed by atoms with van der Waals surface area (Å²) >= 11 is 11.2. The first-order chi connectivity index (χ1) is 3.72. The van der Waals surface area contributed by atoms with E-state index in [1.807, 2.05) is 0 Å². The molecule has 0 saturated carbocycles. The van der Waals surface area contributed by atoms with Gasteiger partial charge < -0.3 is 0 Å². The Kier molecular flexibility index (Phi) is 4.78. The third kappa shape index (κ3) is 2.78. The topological polar surface area (TPSA) is 0 Å². The zero-order valence-corrected chi connectivity index (χ0v) is 6.84. The van der Waals surface area contributed by atoms with Crippen molar-refractivity contribution in [2.24, 2.45) is 5.92 Å². The summed E-state index contributed by atoms with van der Waals surface area (Å²) in [6, 6.07) is 0. The van der Waals surface area contributed by atoms with E-state index in [-0.39, 0.29) is 4.84 Å². The van der Waals surface area contributed by atoms with Crippen LogP contribution >= 0.6 is 23.2 Å². The van der Waals surface area contributed by atoms with Crippen molar-refractivity contribution in [3.05, 3.63) is 0 Å². The van der Waals surface area contributed by atoms with Crippen LogP contribution in [0.25, 0.3) is 0 Å². The van der Waals surface area contributed by atoms with Crippen molar-refractivity contribution < 1.29 is 0 Å². The van der Waals surface area contributed by atoms with Gasteiger partial charge in [0.05, 0.1) is 0 Å². The molecule has 0 aromatic carbocycles. The van der Waals surface area contributed by atoms with Gasteiger partial charge >= 0.3 is 0 Å². The molecule has 0 aliphatic heterocycles. The highest BCUT2D eigenvalue weighted by Crippen LogP contribution is 2.20. The van der Waals surface area contributed by atoms with E-state index < -0.39 is 0 Å². The molecule has 0 bridgehead atoms. The average Bonchev–Trinajstić information content (AvgIpc) is 1.69.